The van der Waals surface area contributed by atoms with E-state index in [2.05, 4.69) is 12.2 Å². The highest BCUT2D eigenvalue weighted by Gasteiger charge is 2.38. The van der Waals surface area contributed by atoms with Gasteiger partial charge in [-0.25, -0.2) is 0 Å². The molecule has 1 aromatic rings. The molecule has 0 saturated carbocycles. The Morgan fingerprint density at radius 1 is 1.43 bits per heavy atom. The van der Waals surface area contributed by atoms with Gasteiger partial charge in [0.05, 0.1) is 6.04 Å². The van der Waals surface area contributed by atoms with E-state index in [1.807, 2.05) is 29.2 Å². The number of methoxy groups -OCH3 is 1. The molecule has 2 unspecified atom stereocenters. The van der Waals surface area contributed by atoms with Gasteiger partial charge >= 0.3 is 0 Å². The standard InChI is InChI=1S/C16H23ClN2O2/c1-3-6-14-16(20)19(9-5-10-21-2)15(18-14)12-7-4-8-13(17)11-12/h4,7-8,11,14-15,18H,3,5-6,9-10H2,1-2H3. The van der Waals surface area contributed by atoms with Crippen molar-refractivity contribution in [3.05, 3.63) is 34.9 Å². The van der Waals surface area contributed by atoms with E-state index < -0.39 is 0 Å². The molecule has 5 heteroatoms. The van der Waals surface area contributed by atoms with Crippen LogP contribution in [0, 0.1) is 0 Å². The molecule has 2 rings (SSSR count). The maximum absolute atomic E-state index is 12.5. The molecule has 1 heterocycles. The van der Waals surface area contributed by atoms with E-state index >= 15 is 0 Å². The van der Waals surface area contributed by atoms with Gasteiger partial charge in [-0.1, -0.05) is 37.1 Å². The number of nitrogens with zero attached hydrogens (tertiary/aromatic N) is 1. The summed E-state index contributed by atoms with van der Waals surface area (Å²) in [5.41, 5.74) is 1.03. The summed E-state index contributed by atoms with van der Waals surface area (Å²) in [5.74, 6) is 0.179. The van der Waals surface area contributed by atoms with Gasteiger partial charge in [0.1, 0.15) is 6.17 Å². The fraction of sp³-hybridized carbons (Fsp3) is 0.562. The summed E-state index contributed by atoms with van der Waals surface area (Å²) in [5, 5.41) is 4.13. The molecule has 1 N–H and O–H groups in total. The molecular weight excluding hydrogens is 288 g/mol. The molecule has 116 valence electrons. The molecule has 1 aliphatic rings. The Hall–Kier alpha value is -1.10. The number of rotatable bonds is 7. The highest BCUT2D eigenvalue weighted by Crippen LogP contribution is 2.28. The molecular formula is C16H23ClN2O2. The zero-order chi connectivity index (χ0) is 15.2. The average Bonchev–Trinajstić information content (AvgIpc) is 2.77. The van der Waals surface area contributed by atoms with Gasteiger partial charge in [-0.15, -0.1) is 0 Å². The van der Waals surface area contributed by atoms with Gasteiger partial charge in [-0.2, -0.15) is 0 Å². The third-order valence-electron chi connectivity index (χ3n) is 3.74. The average molecular weight is 311 g/mol. The van der Waals surface area contributed by atoms with Crippen LogP contribution in [0.5, 0.6) is 0 Å². The number of nitrogens with one attached hydrogen (secondary N) is 1. The van der Waals surface area contributed by atoms with Crippen LogP contribution in [-0.2, 0) is 9.53 Å². The van der Waals surface area contributed by atoms with E-state index in [0.29, 0.717) is 18.2 Å². The first kappa shape index (κ1) is 16.3. The molecule has 0 bridgehead atoms. The second-order valence-electron chi connectivity index (χ2n) is 5.34. The molecule has 0 radical (unpaired) electrons. The minimum Gasteiger partial charge on any atom is -0.385 e. The zero-order valence-corrected chi connectivity index (χ0v) is 13.4. The van der Waals surface area contributed by atoms with Gasteiger partial charge in [-0.3, -0.25) is 10.1 Å². The summed E-state index contributed by atoms with van der Waals surface area (Å²) >= 11 is 6.08. The summed E-state index contributed by atoms with van der Waals surface area (Å²) < 4.78 is 5.09. The van der Waals surface area contributed by atoms with Crippen LogP contribution >= 0.6 is 11.6 Å². The van der Waals surface area contributed by atoms with Crippen molar-refractivity contribution in [3.8, 4) is 0 Å². The fourth-order valence-electron chi connectivity index (χ4n) is 2.75. The van der Waals surface area contributed by atoms with Gasteiger partial charge in [0, 0.05) is 25.3 Å². The van der Waals surface area contributed by atoms with Crippen LogP contribution in [0.4, 0.5) is 0 Å². The van der Waals surface area contributed by atoms with Gasteiger partial charge < -0.3 is 9.64 Å². The lowest BCUT2D eigenvalue weighted by molar-refractivity contribution is -0.130. The fourth-order valence-corrected chi connectivity index (χ4v) is 2.94. The van der Waals surface area contributed by atoms with E-state index in [0.717, 1.165) is 24.8 Å². The maximum Gasteiger partial charge on any atom is 0.241 e. The van der Waals surface area contributed by atoms with Crippen LogP contribution in [-0.4, -0.2) is 37.1 Å². The van der Waals surface area contributed by atoms with Gasteiger partial charge in [-0.05, 0) is 30.5 Å². The minimum atomic E-state index is -0.0958. The number of ether oxygens (including phenoxy) is 1. The Morgan fingerprint density at radius 3 is 2.90 bits per heavy atom. The predicted octanol–water partition coefficient (Wildman–Crippen LogP) is 2.98. The van der Waals surface area contributed by atoms with Crippen molar-refractivity contribution < 1.29 is 9.53 Å². The lowest BCUT2D eigenvalue weighted by Gasteiger charge is -2.24. The molecule has 1 aliphatic heterocycles. The molecule has 1 saturated heterocycles. The van der Waals surface area contributed by atoms with E-state index in [-0.39, 0.29) is 18.1 Å². The van der Waals surface area contributed by atoms with Crippen LogP contribution in [0.1, 0.15) is 37.9 Å². The number of carbonyl (C=O) groups is 1. The lowest BCUT2D eigenvalue weighted by Crippen LogP contribution is -2.32. The maximum atomic E-state index is 12.5. The van der Waals surface area contributed by atoms with Crippen molar-refractivity contribution in [1.29, 1.82) is 0 Å². The second-order valence-corrected chi connectivity index (χ2v) is 5.78. The molecule has 1 aromatic carbocycles. The highest BCUT2D eigenvalue weighted by molar-refractivity contribution is 6.30. The van der Waals surface area contributed by atoms with E-state index in [4.69, 9.17) is 16.3 Å². The zero-order valence-electron chi connectivity index (χ0n) is 12.6. The second kappa shape index (κ2) is 7.78. The first-order valence-corrected chi connectivity index (χ1v) is 7.86. The Kier molecular flexibility index (Phi) is 6.03. The normalized spacial score (nSPS) is 22.0. The molecule has 4 nitrogen and oxygen atoms in total. The summed E-state index contributed by atoms with van der Waals surface area (Å²) in [6.07, 6.45) is 2.58. The molecule has 1 amide bonds. The SMILES string of the molecule is CCCC1NC(c2cccc(Cl)c2)N(CCCOC)C1=O. The predicted molar refractivity (Wildman–Crippen MR) is 84.2 cm³/mol. The molecule has 0 spiro atoms. The Bertz CT molecular complexity index is 481. The van der Waals surface area contributed by atoms with Crippen molar-refractivity contribution in [1.82, 2.24) is 10.2 Å². The van der Waals surface area contributed by atoms with Crippen LogP contribution in [0.3, 0.4) is 0 Å². The van der Waals surface area contributed by atoms with Crippen LogP contribution in [0.2, 0.25) is 5.02 Å². The first-order valence-electron chi connectivity index (χ1n) is 7.48. The first-order chi connectivity index (χ1) is 10.2. The van der Waals surface area contributed by atoms with Crippen molar-refractivity contribution in [2.75, 3.05) is 20.3 Å². The summed E-state index contributed by atoms with van der Waals surface area (Å²) in [6.45, 7) is 3.44. The molecule has 0 aromatic heterocycles. The van der Waals surface area contributed by atoms with Crippen molar-refractivity contribution in [2.45, 2.75) is 38.4 Å². The van der Waals surface area contributed by atoms with Gasteiger partial charge in [0.2, 0.25) is 5.91 Å². The minimum absolute atomic E-state index is 0.0930. The third kappa shape index (κ3) is 3.96. The number of carbonyl (C=O) groups excluding carboxylic acids is 1. The van der Waals surface area contributed by atoms with Crippen LogP contribution < -0.4 is 5.32 Å². The van der Waals surface area contributed by atoms with E-state index in [1.54, 1.807) is 7.11 Å². The quantitative estimate of drug-likeness (QED) is 0.787. The van der Waals surface area contributed by atoms with Crippen molar-refractivity contribution in [3.63, 3.8) is 0 Å². The summed E-state index contributed by atoms with van der Waals surface area (Å²) in [6, 6.07) is 7.60. The van der Waals surface area contributed by atoms with Gasteiger partial charge in [0.15, 0.2) is 0 Å². The number of benzene rings is 1. The summed E-state index contributed by atoms with van der Waals surface area (Å²) in [4.78, 5) is 14.5. The molecule has 0 aliphatic carbocycles. The highest BCUT2D eigenvalue weighted by atomic mass is 35.5. The molecule has 1 fully saturated rings. The number of hydrogen-bond acceptors (Lipinski definition) is 3. The Labute approximate surface area is 131 Å². The Morgan fingerprint density at radius 2 is 2.24 bits per heavy atom. The van der Waals surface area contributed by atoms with Crippen molar-refractivity contribution >= 4 is 17.5 Å². The van der Waals surface area contributed by atoms with E-state index in [1.165, 1.54) is 0 Å². The number of hydrogen-bond donors (Lipinski definition) is 1. The van der Waals surface area contributed by atoms with E-state index in [9.17, 15) is 4.79 Å². The van der Waals surface area contributed by atoms with Crippen molar-refractivity contribution in [2.24, 2.45) is 0 Å². The molecule has 21 heavy (non-hydrogen) atoms. The molecule has 2 atom stereocenters. The smallest absolute Gasteiger partial charge is 0.241 e. The topological polar surface area (TPSA) is 41.6 Å². The van der Waals surface area contributed by atoms with Gasteiger partial charge in [0.25, 0.3) is 0 Å². The summed E-state index contributed by atoms with van der Waals surface area (Å²) in [7, 11) is 1.68. The lowest BCUT2D eigenvalue weighted by atomic mass is 10.1. The van der Waals surface area contributed by atoms with Crippen LogP contribution in [0.15, 0.2) is 24.3 Å². The third-order valence-corrected chi connectivity index (χ3v) is 3.98. The number of halogens is 1. The number of amides is 1. The largest absolute Gasteiger partial charge is 0.385 e. The Balaban J connectivity index is 2.16. The van der Waals surface area contributed by atoms with Crippen LogP contribution in [0.25, 0.3) is 0 Å². The monoisotopic (exact) mass is 310 g/mol.